The summed E-state index contributed by atoms with van der Waals surface area (Å²) < 4.78 is 0.977. The Labute approximate surface area is 88.7 Å². The molecule has 0 fully saturated rings. The van der Waals surface area contributed by atoms with Crippen molar-refractivity contribution in [1.82, 2.24) is 15.0 Å². The van der Waals surface area contributed by atoms with Gasteiger partial charge in [-0.15, -0.1) is 11.6 Å². The third-order valence-electron chi connectivity index (χ3n) is 1.89. The standard InChI is InChI=1S/C8H7BrClN3/c1-4-5(9)3-11-8-7(4)12-6(2-10)13-8/h3H,2H2,1H3,(H,11,12,13). The number of aromatic nitrogens is 3. The molecule has 2 rings (SSSR count). The number of hydrogen-bond donors (Lipinski definition) is 1. The minimum Gasteiger partial charge on any atom is -0.339 e. The maximum Gasteiger partial charge on any atom is 0.178 e. The van der Waals surface area contributed by atoms with Gasteiger partial charge in [0, 0.05) is 10.7 Å². The van der Waals surface area contributed by atoms with Crippen LogP contribution in [0.3, 0.4) is 0 Å². The molecule has 0 amide bonds. The van der Waals surface area contributed by atoms with Crippen LogP contribution in [0, 0.1) is 6.92 Å². The van der Waals surface area contributed by atoms with Gasteiger partial charge in [0.2, 0.25) is 0 Å². The molecule has 0 aliphatic heterocycles. The molecule has 0 atom stereocenters. The van der Waals surface area contributed by atoms with Crippen LogP contribution in [0.4, 0.5) is 0 Å². The Bertz CT molecular complexity index is 452. The van der Waals surface area contributed by atoms with Gasteiger partial charge in [-0.2, -0.15) is 0 Å². The predicted molar refractivity (Wildman–Crippen MR) is 55.9 cm³/mol. The minimum absolute atomic E-state index is 0.382. The molecule has 0 spiro atoms. The maximum atomic E-state index is 5.66. The molecule has 0 saturated heterocycles. The molecule has 0 radical (unpaired) electrons. The fraction of sp³-hybridized carbons (Fsp3) is 0.250. The molecular formula is C8H7BrClN3. The molecule has 1 N–H and O–H groups in total. The zero-order valence-corrected chi connectivity index (χ0v) is 9.28. The number of imidazole rings is 1. The van der Waals surface area contributed by atoms with Crippen LogP contribution < -0.4 is 0 Å². The minimum atomic E-state index is 0.382. The first-order chi connectivity index (χ1) is 6.22. The van der Waals surface area contributed by atoms with Crippen molar-refractivity contribution in [3.05, 3.63) is 22.1 Å². The van der Waals surface area contributed by atoms with E-state index in [4.69, 9.17) is 11.6 Å². The molecule has 13 heavy (non-hydrogen) atoms. The highest BCUT2D eigenvalue weighted by Gasteiger charge is 2.07. The van der Waals surface area contributed by atoms with Crippen LogP contribution in [0.1, 0.15) is 11.4 Å². The highest BCUT2D eigenvalue weighted by atomic mass is 79.9. The lowest BCUT2D eigenvalue weighted by Crippen LogP contribution is -1.82. The van der Waals surface area contributed by atoms with E-state index in [1.165, 1.54) is 0 Å². The van der Waals surface area contributed by atoms with Crippen molar-refractivity contribution in [3.8, 4) is 0 Å². The molecule has 2 aromatic heterocycles. The second-order valence-corrected chi connectivity index (χ2v) is 3.87. The molecule has 0 aliphatic carbocycles. The van der Waals surface area contributed by atoms with Gasteiger partial charge in [-0.05, 0) is 28.4 Å². The molecule has 0 aliphatic rings. The first kappa shape index (κ1) is 8.97. The van der Waals surface area contributed by atoms with E-state index in [0.29, 0.717) is 5.88 Å². The Morgan fingerprint density at radius 3 is 3.08 bits per heavy atom. The SMILES string of the molecule is Cc1c(Br)cnc2nc(CCl)[nH]c12. The highest BCUT2D eigenvalue weighted by Crippen LogP contribution is 2.21. The van der Waals surface area contributed by atoms with Crippen LogP contribution in [-0.4, -0.2) is 15.0 Å². The monoisotopic (exact) mass is 259 g/mol. The summed E-state index contributed by atoms with van der Waals surface area (Å²) in [6, 6.07) is 0. The number of alkyl halides is 1. The summed E-state index contributed by atoms with van der Waals surface area (Å²) >= 11 is 9.06. The zero-order valence-electron chi connectivity index (χ0n) is 6.93. The number of halogens is 2. The molecule has 2 aromatic rings. The molecule has 5 heteroatoms. The quantitative estimate of drug-likeness (QED) is 0.801. The summed E-state index contributed by atoms with van der Waals surface area (Å²) in [6.45, 7) is 2.00. The van der Waals surface area contributed by atoms with E-state index in [0.717, 1.165) is 27.0 Å². The Balaban J connectivity index is 2.76. The van der Waals surface area contributed by atoms with E-state index in [2.05, 4.69) is 30.9 Å². The van der Waals surface area contributed by atoms with Gasteiger partial charge in [0.25, 0.3) is 0 Å². The highest BCUT2D eigenvalue weighted by molar-refractivity contribution is 9.10. The molecule has 0 unspecified atom stereocenters. The van der Waals surface area contributed by atoms with E-state index < -0.39 is 0 Å². The number of H-pyrrole nitrogens is 1. The van der Waals surface area contributed by atoms with Gasteiger partial charge >= 0.3 is 0 Å². The molecule has 2 heterocycles. The normalized spacial score (nSPS) is 11.0. The van der Waals surface area contributed by atoms with Gasteiger partial charge in [0.05, 0.1) is 11.4 Å². The summed E-state index contributed by atoms with van der Waals surface area (Å²) in [4.78, 5) is 11.5. The fourth-order valence-electron chi connectivity index (χ4n) is 1.16. The van der Waals surface area contributed by atoms with Crippen molar-refractivity contribution in [1.29, 1.82) is 0 Å². The summed E-state index contributed by atoms with van der Waals surface area (Å²) in [5.41, 5.74) is 2.77. The van der Waals surface area contributed by atoms with E-state index in [-0.39, 0.29) is 0 Å². The van der Waals surface area contributed by atoms with E-state index in [9.17, 15) is 0 Å². The lowest BCUT2D eigenvalue weighted by atomic mass is 10.3. The number of rotatable bonds is 1. The van der Waals surface area contributed by atoms with E-state index in [1.807, 2.05) is 6.92 Å². The van der Waals surface area contributed by atoms with E-state index >= 15 is 0 Å². The van der Waals surface area contributed by atoms with Gasteiger partial charge in [-0.1, -0.05) is 0 Å². The second kappa shape index (κ2) is 3.27. The number of aryl methyl sites for hydroxylation is 1. The Hall–Kier alpha value is -0.610. The lowest BCUT2D eigenvalue weighted by Gasteiger charge is -1.96. The smallest absolute Gasteiger partial charge is 0.178 e. The summed E-state index contributed by atoms with van der Waals surface area (Å²) in [7, 11) is 0. The third kappa shape index (κ3) is 1.44. The topological polar surface area (TPSA) is 41.6 Å². The predicted octanol–water partition coefficient (Wildman–Crippen LogP) is 2.77. The Morgan fingerprint density at radius 1 is 1.62 bits per heavy atom. The molecule has 3 nitrogen and oxygen atoms in total. The van der Waals surface area contributed by atoms with Crippen LogP contribution in [0.15, 0.2) is 10.7 Å². The van der Waals surface area contributed by atoms with Crippen LogP contribution in [0.25, 0.3) is 11.2 Å². The first-order valence-electron chi connectivity index (χ1n) is 3.78. The summed E-state index contributed by atoms with van der Waals surface area (Å²) in [5, 5.41) is 0. The Morgan fingerprint density at radius 2 is 2.38 bits per heavy atom. The van der Waals surface area contributed by atoms with Crippen LogP contribution in [0.5, 0.6) is 0 Å². The number of pyridine rings is 1. The zero-order chi connectivity index (χ0) is 9.42. The number of nitrogens with zero attached hydrogens (tertiary/aromatic N) is 2. The number of aromatic amines is 1. The number of nitrogens with one attached hydrogen (secondary N) is 1. The number of fused-ring (bicyclic) bond motifs is 1. The molecule has 68 valence electrons. The van der Waals surface area contributed by atoms with Gasteiger partial charge in [-0.3, -0.25) is 0 Å². The molecule has 0 aromatic carbocycles. The third-order valence-corrected chi connectivity index (χ3v) is 2.95. The van der Waals surface area contributed by atoms with Crippen molar-refractivity contribution < 1.29 is 0 Å². The lowest BCUT2D eigenvalue weighted by molar-refractivity contribution is 1.13. The largest absolute Gasteiger partial charge is 0.339 e. The van der Waals surface area contributed by atoms with Crippen LogP contribution in [0.2, 0.25) is 0 Å². The van der Waals surface area contributed by atoms with Crippen molar-refractivity contribution in [3.63, 3.8) is 0 Å². The van der Waals surface area contributed by atoms with Crippen molar-refractivity contribution in [2.45, 2.75) is 12.8 Å². The van der Waals surface area contributed by atoms with Crippen molar-refractivity contribution >= 4 is 38.7 Å². The fourth-order valence-corrected chi connectivity index (χ4v) is 1.59. The Kier molecular flexibility index (Phi) is 2.26. The first-order valence-corrected chi connectivity index (χ1v) is 5.11. The van der Waals surface area contributed by atoms with Gasteiger partial charge in [0.1, 0.15) is 5.82 Å². The van der Waals surface area contributed by atoms with E-state index in [1.54, 1.807) is 6.20 Å². The van der Waals surface area contributed by atoms with Gasteiger partial charge in [0.15, 0.2) is 5.65 Å². The molecule has 0 saturated carbocycles. The van der Waals surface area contributed by atoms with Gasteiger partial charge in [-0.25, -0.2) is 9.97 Å². The summed E-state index contributed by atoms with van der Waals surface area (Å²) in [5.74, 6) is 1.14. The average Bonchev–Trinajstić information content (AvgIpc) is 2.55. The molecule has 0 bridgehead atoms. The maximum absolute atomic E-state index is 5.66. The number of hydrogen-bond acceptors (Lipinski definition) is 2. The molecular weight excluding hydrogens is 253 g/mol. The average molecular weight is 261 g/mol. The second-order valence-electron chi connectivity index (χ2n) is 2.75. The summed E-state index contributed by atoms with van der Waals surface area (Å²) in [6.07, 6.45) is 1.75. The van der Waals surface area contributed by atoms with Crippen molar-refractivity contribution in [2.24, 2.45) is 0 Å². The van der Waals surface area contributed by atoms with Crippen LogP contribution >= 0.6 is 27.5 Å². The van der Waals surface area contributed by atoms with Crippen LogP contribution in [-0.2, 0) is 5.88 Å². The van der Waals surface area contributed by atoms with Gasteiger partial charge < -0.3 is 4.98 Å². The van der Waals surface area contributed by atoms with Crippen molar-refractivity contribution in [2.75, 3.05) is 0 Å².